The van der Waals surface area contributed by atoms with E-state index in [0.717, 1.165) is 89.9 Å². The van der Waals surface area contributed by atoms with Crippen LogP contribution in [0.15, 0.2) is 122 Å². The number of hydrogen-bond acceptors (Lipinski definition) is 8. The molecule has 0 aromatic carbocycles. The lowest BCUT2D eigenvalue weighted by molar-refractivity contribution is -0.870. The molecule has 0 saturated heterocycles. The number of likely N-dealkylation sites (N-methyl/N-ethyl adjacent to an activating group) is 1. The van der Waals surface area contributed by atoms with Crippen LogP contribution in [0.5, 0.6) is 0 Å². The number of rotatable bonds is 83. The fraction of sp³-hybridized carbons (Fsp3) is 0.760. The van der Waals surface area contributed by atoms with Crippen molar-refractivity contribution in [1.29, 1.82) is 0 Å². The largest absolute Gasteiger partial charge is 0.545 e. The quantitative estimate of drug-likeness (QED) is 0.0195. The van der Waals surface area contributed by atoms with Crippen molar-refractivity contribution in [3.8, 4) is 0 Å². The van der Waals surface area contributed by atoms with Gasteiger partial charge in [-0.25, -0.2) is 0 Å². The van der Waals surface area contributed by atoms with Crippen LogP contribution < -0.4 is 5.11 Å². The molecule has 2 atom stereocenters. The number of hydrogen-bond donors (Lipinski definition) is 0. The SMILES string of the molecule is CC/C=C\C/C=C\C/C=C\C/C=C\C/C=C\C/C=C\C/C=C\CCCCCCCCCCCCCCCCCCCCCC(=O)OC(COC(=O)CCCCCCCCCCCCCCCCCCCCCCCCCC/C=C\C/C=C\C/C=C\CCCCCCC)COC(OCC[N+](C)(C)C)C(=O)[O-]. The highest BCUT2D eigenvalue weighted by Crippen LogP contribution is 2.20. The van der Waals surface area contributed by atoms with E-state index in [1.54, 1.807) is 0 Å². The summed E-state index contributed by atoms with van der Waals surface area (Å²) in [4.78, 5) is 37.7. The highest BCUT2D eigenvalue weighted by molar-refractivity contribution is 5.70. The molecule has 0 aliphatic heterocycles. The molecule has 0 saturated carbocycles. The van der Waals surface area contributed by atoms with Crippen molar-refractivity contribution < 1.29 is 42.9 Å². The number of carbonyl (C=O) groups excluding carboxylic acids is 3. The Labute approximate surface area is 650 Å². The van der Waals surface area contributed by atoms with E-state index in [-0.39, 0.29) is 32.2 Å². The van der Waals surface area contributed by atoms with Crippen LogP contribution in [0, 0.1) is 0 Å². The van der Waals surface area contributed by atoms with Gasteiger partial charge in [-0.3, -0.25) is 9.59 Å². The van der Waals surface area contributed by atoms with Crippen LogP contribution in [-0.2, 0) is 33.3 Å². The van der Waals surface area contributed by atoms with Crippen molar-refractivity contribution in [3.63, 3.8) is 0 Å². The summed E-state index contributed by atoms with van der Waals surface area (Å²) < 4.78 is 22.9. The first-order valence-electron chi connectivity index (χ1n) is 44.7. The predicted octanol–water partition coefficient (Wildman–Crippen LogP) is 28.0. The van der Waals surface area contributed by atoms with Crippen molar-refractivity contribution in [2.24, 2.45) is 0 Å². The van der Waals surface area contributed by atoms with Crippen LogP contribution in [0.4, 0.5) is 0 Å². The first kappa shape index (κ1) is 101. The van der Waals surface area contributed by atoms with Gasteiger partial charge in [0.1, 0.15) is 13.2 Å². The minimum absolute atomic E-state index is 0.147. The number of carboxylic acid groups (broad SMARTS) is 1. The molecule has 105 heavy (non-hydrogen) atoms. The molecule has 0 aromatic heterocycles. The molecule has 0 heterocycles. The predicted molar refractivity (Wildman–Crippen MR) is 453 cm³/mol. The molecule has 9 heteroatoms. The number of carboxylic acids is 1. The van der Waals surface area contributed by atoms with Gasteiger partial charge in [0, 0.05) is 12.8 Å². The second-order valence-corrected chi connectivity index (χ2v) is 31.2. The average Bonchev–Trinajstić information content (AvgIpc) is 1.18. The smallest absolute Gasteiger partial charge is 0.306 e. The lowest BCUT2D eigenvalue weighted by Crippen LogP contribution is -2.44. The van der Waals surface area contributed by atoms with Gasteiger partial charge >= 0.3 is 11.9 Å². The second kappa shape index (κ2) is 85.3. The Hall–Kier alpha value is -4.31. The summed E-state index contributed by atoms with van der Waals surface area (Å²) in [6.07, 6.45) is 119. The number of ether oxygens (including phenoxy) is 4. The summed E-state index contributed by atoms with van der Waals surface area (Å²) in [5.41, 5.74) is 0. The summed E-state index contributed by atoms with van der Waals surface area (Å²) in [6, 6.07) is 0. The summed E-state index contributed by atoms with van der Waals surface area (Å²) in [7, 11) is 5.95. The van der Waals surface area contributed by atoms with Crippen LogP contribution in [0.2, 0.25) is 0 Å². The molecule has 0 amide bonds. The maximum atomic E-state index is 13.0. The number of allylic oxidation sites excluding steroid dienone is 20. The molecule has 0 bridgehead atoms. The third-order valence-corrected chi connectivity index (χ3v) is 19.7. The van der Waals surface area contributed by atoms with E-state index in [9.17, 15) is 19.5 Å². The Morgan fingerprint density at radius 1 is 0.295 bits per heavy atom. The number of quaternary nitrogens is 1. The van der Waals surface area contributed by atoms with E-state index in [2.05, 4.69) is 135 Å². The first-order chi connectivity index (χ1) is 51.6. The summed E-state index contributed by atoms with van der Waals surface area (Å²) in [5, 5.41) is 11.9. The van der Waals surface area contributed by atoms with Crippen LogP contribution in [0.3, 0.4) is 0 Å². The molecule has 9 nitrogen and oxygen atoms in total. The molecule has 0 rings (SSSR count). The maximum Gasteiger partial charge on any atom is 0.306 e. The Bertz CT molecular complexity index is 2160. The Morgan fingerprint density at radius 3 is 0.810 bits per heavy atom. The molecular formula is C96H169NO8. The molecule has 606 valence electrons. The highest BCUT2D eigenvalue weighted by atomic mass is 16.7. The van der Waals surface area contributed by atoms with E-state index in [1.807, 2.05) is 21.1 Å². The van der Waals surface area contributed by atoms with E-state index in [4.69, 9.17) is 18.9 Å². The topological polar surface area (TPSA) is 111 Å². The molecule has 0 N–H and O–H groups in total. The fourth-order valence-corrected chi connectivity index (χ4v) is 12.9. The standard InChI is InChI=1S/C96H169NO8/c1-6-8-10-12-14-16-18-20-22-24-26-28-30-32-34-36-38-40-42-44-46-47-49-51-53-55-57-59-61-63-65-67-69-71-73-75-77-79-81-83-85-87-94(99)105-92(91-104-96(95(100)101)102-89-88-97(3,4)5)90-103-93(98)86-84-82-80-78-76-74-72-70-68-66-64-62-60-58-56-54-52-50-48-45-43-41-39-37-35-33-31-29-27-25-23-21-19-17-15-13-11-9-7-2/h8,10,14,16,19-22,25-28,31-34,38,40,44,46,92,96H,6-7,9,11-13,15,17-18,23-24,29-30,35-37,39,41-43,45,47-91H2,1-5H3/b10-8-,16-14-,21-19-,22-20-,27-25-,28-26-,33-31-,34-32-,40-38-,46-44-. The van der Waals surface area contributed by atoms with Gasteiger partial charge < -0.3 is 33.3 Å². The van der Waals surface area contributed by atoms with Gasteiger partial charge in [-0.05, 0) is 109 Å². The lowest BCUT2D eigenvalue weighted by atomic mass is 10.0. The number of unbranched alkanes of at least 4 members (excludes halogenated alkanes) is 48. The van der Waals surface area contributed by atoms with Crippen LogP contribution in [-0.4, -0.2) is 82.3 Å². The van der Waals surface area contributed by atoms with Crippen LogP contribution in [0.1, 0.15) is 412 Å². The van der Waals surface area contributed by atoms with E-state index < -0.39 is 24.3 Å². The molecular weight excluding hydrogens is 1300 g/mol. The van der Waals surface area contributed by atoms with Gasteiger partial charge in [0.25, 0.3) is 0 Å². The highest BCUT2D eigenvalue weighted by Gasteiger charge is 2.22. The molecule has 0 aliphatic rings. The molecule has 0 fully saturated rings. The van der Waals surface area contributed by atoms with Crippen molar-refractivity contribution >= 4 is 17.9 Å². The second-order valence-electron chi connectivity index (χ2n) is 31.2. The van der Waals surface area contributed by atoms with Gasteiger partial charge in [0.2, 0.25) is 0 Å². The Kier molecular flexibility index (Phi) is 81.8. The molecule has 0 aromatic rings. The summed E-state index contributed by atoms with van der Waals surface area (Å²) >= 11 is 0. The Morgan fingerprint density at radius 2 is 0.543 bits per heavy atom. The zero-order chi connectivity index (χ0) is 76.0. The fourth-order valence-electron chi connectivity index (χ4n) is 12.9. The van der Waals surface area contributed by atoms with Gasteiger partial charge in [-0.1, -0.05) is 411 Å². The third kappa shape index (κ3) is 86.8. The van der Waals surface area contributed by atoms with Gasteiger partial charge in [-0.2, -0.15) is 0 Å². The zero-order valence-electron chi connectivity index (χ0n) is 69.6. The monoisotopic (exact) mass is 1460 g/mol. The van der Waals surface area contributed by atoms with Gasteiger partial charge in [0.15, 0.2) is 12.4 Å². The number of esters is 2. The third-order valence-electron chi connectivity index (χ3n) is 19.7. The van der Waals surface area contributed by atoms with Crippen LogP contribution >= 0.6 is 0 Å². The molecule has 0 spiro atoms. The van der Waals surface area contributed by atoms with E-state index in [1.165, 1.54) is 289 Å². The summed E-state index contributed by atoms with van der Waals surface area (Å²) in [5.74, 6) is -2.26. The molecule has 2 unspecified atom stereocenters. The van der Waals surface area contributed by atoms with Crippen molar-refractivity contribution in [3.05, 3.63) is 122 Å². The van der Waals surface area contributed by atoms with E-state index >= 15 is 0 Å². The molecule has 0 aliphatic carbocycles. The lowest BCUT2D eigenvalue weighted by Gasteiger charge is -2.26. The normalized spacial score (nSPS) is 13.2. The number of carbonyl (C=O) groups is 3. The van der Waals surface area contributed by atoms with Crippen molar-refractivity contribution in [1.82, 2.24) is 0 Å². The Balaban J connectivity index is 3.94. The molecule has 0 radical (unpaired) electrons. The minimum atomic E-state index is -1.62. The van der Waals surface area contributed by atoms with Gasteiger partial charge in [0.05, 0.1) is 40.3 Å². The van der Waals surface area contributed by atoms with Crippen molar-refractivity contribution in [2.45, 2.75) is 424 Å². The number of nitrogens with zero attached hydrogens (tertiary/aromatic N) is 1. The van der Waals surface area contributed by atoms with Crippen molar-refractivity contribution in [2.75, 3.05) is 47.5 Å². The zero-order valence-corrected chi connectivity index (χ0v) is 69.6. The average molecular weight is 1470 g/mol. The number of aliphatic carboxylic acids is 1. The first-order valence-corrected chi connectivity index (χ1v) is 44.7. The van der Waals surface area contributed by atoms with E-state index in [0.29, 0.717) is 23.9 Å². The van der Waals surface area contributed by atoms with Gasteiger partial charge in [-0.15, -0.1) is 0 Å². The summed E-state index contributed by atoms with van der Waals surface area (Å²) in [6.45, 7) is 4.67. The van der Waals surface area contributed by atoms with Crippen LogP contribution in [0.25, 0.3) is 0 Å². The maximum absolute atomic E-state index is 13.0. The minimum Gasteiger partial charge on any atom is -0.545 e.